The fraction of sp³-hybridized carbons (Fsp3) is 0.0638. The van der Waals surface area contributed by atoms with Gasteiger partial charge in [-0.2, -0.15) is 0 Å². The van der Waals surface area contributed by atoms with Crippen LogP contribution in [0, 0.1) is 0 Å². The summed E-state index contributed by atoms with van der Waals surface area (Å²) in [4.78, 5) is 20.3. The minimum atomic E-state index is -0.145. The normalized spacial score (nSPS) is 13.2. The second-order valence-corrected chi connectivity index (χ2v) is 14.3. The first-order valence-corrected chi connectivity index (χ1v) is 17.8. The highest BCUT2D eigenvalue weighted by Crippen LogP contribution is 2.49. The van der Waals surface area contributed by atoms with Crippen molar-refractivity contribution in [3.05, 3.63) is 157 Å². The Hall–Kier alpha value is -6.92. The van der Waals surface area contributed by atoms with Crippen LogP contribution in [0.5, 0.6) is 0 Å². The van der Waals surface area contributed by atoms with Gasteiger partial charge in [-0.25, -0.2) is 19.9 Å². The summed E-state index contributed by atoms with van der Waals surface area (Å²) in [5, 5.41) is 4.01. The minimum Gasteiger partial charge on any atom is -0.456 e. The van der Waals surface area contributed by atoms with Crippen LogP contribution in [0.25, 0.3) is 101 Å². The van der Waals surface area contributed by atoms with E-state index in [2.05, 4.69) is 80.6 Å². The van der Waals surface area contributed by atoms with Crippen molar-refractivity contribution in [2.75, 3.05) is 0 Å². The van der Waals surface area contributed by atoms with Crippen molar-refractivity contribution in [1.29, 1.82) is 0 Å². The van der Waals surface area contributed by atoms with Gasteiger partial charge in [0.25, 0.3) is 0 Å². The zero-order valence-corrected chi connectivity index (χ0v) is 29.0. The maximum absolute atomic E-state index is 6.44. The van der Waals surface area contributed by atoms with Gasteiger partial charge in [0.2, 0.25) is 5.89 Å². The van der Waals surface area contributed by atoms with E-state index in [1.165, 1.54) is 22.3 Å². The molecule has 0 saturated heterocycles. The summed E-state index contributed by atoms with van der Waals surface area (Å²) in [5.41, 5.74) is 11.7. The lowest BCUT2D eigenvalue weighted by molar-refractivity contribution is 0.619. The average Bonchev–Trinajstić information content (AvgIpc) is 3.89. The van der Waals surface area contributed by atoms with Gasteiger partial charge in [-0.15, -0.1) is 0 Å². The van der Waals surface area contributed by atoms with Gasteiger partial charge >= 0.3 is 0 Å². The summed E-state index contributed by atoms with van der Waals surface area (Å²) in [6.45, 7) is 4.58. The third-order valence-corrected chi connectivity index (χ3v) is 10.8. The maximum Gasteiger partial charge on any atom is 0.227 e. The van der Waals surface area contributed by atoms with Crippen molar-refractivity contribution in [3.63, 3.8) is 0 Å². The Balaban J connectivity index is 1.11. The molecule has 0 atom stereocenters. The zero-order valence-electron chi connectivity index (χ0n) is 29.0. The molecule has 0 spiro atoms. The molecule has 0 aliphatic heterocycles. The van der Waals surface area contributed by atoms with Gasteiger partial charge in [0.1, 0.15) is 16.7 Å². The molecule has 3 aromatic heterocycles. The summed E-state index contributed by atoms with van der Waals surface area (Å²) in [6, 6.07) is 49.8. The number of benzene rings is 7. The highest BCUT2D eigenvalue weighted by Gasteiger charge is 2.35. The molecule has 0 N–H and O–H groups in total. The molecule has 0 saturated carbocycles. The summed E-state index contributed by atoms with van der Waals surface area (Å²) in [5.74, 6) is 2.43. The van der Waals surface area contributed by atoms with Gasteiger partial charge in [-0.05, 0) is 75.5 Å². The van der Waals surface area contributed by atoms with E-state index >= 15 is 0 Å². The molecule has 0 fully saturated rings. The van der Waals surface area contributed by atoms with E-state index in [0.717, 1.165) is 60.5 Å². The van der Waals surface area contributed by atoms with Crippen LogP contribution in [-0.2, 0) is 5.41 Å². The number of fused-ring (bicyclic) bond motifs is 10. The second kappa shape index (κ2) is 11.0. The summed E-state index contributed by atoms with van der Waals surface area (Å²) < 4.78 is 12.7. The first kappa shape index (κ1) is 29.8. The van der Waals surface area contributed by atoms with Crippen LogP contribution in [0.1, 0.15) is 25.0 Å². The Kier molecular flexibility index (Phi) is 6.20. The molecule has 1 aliphatic carbocycles. The Bertz CT molecular complexity index is 3090. The third kappa shape index (κ3) is 4.52. The largest absolute Gasteiger partial charge is 0.456 e. The summed E-state index contributed by atoms with van der Waals surface area (Å²) in [7, 11) is 0. The first-order valence-electron chi connectivity index (χ1n) is 17.8. The molecule has 0 unspecified atom stereocenters. The molecule has 1 aliphatic rings. The van der Waals surface area contributed by atoms with Crippen LogP contribution in [0.4, 0.5) is 0 Å². The molecule has 6 heteroatoms. The molecular formula is C47H30N4O2. The zero-order chi connectivity index (χ0) is 35.3. The Labute approximate surface area is 304 Å². The van der Waals surface area contributed by atoms with Gasteiger partial charge < -0.3 is 8.83 Å². The van der Waals surface area contributed by atoms with Gasteiger partial charge in [0.05, 0.1) is 5.39 Å². The fourth-order valence-electron chi connectivity index (χ4n) is 8.10. The van der Waals surface area contributed by atoms with Gasteiger partial charge in [0.15, 0.2) is 23.1 Å². The maximum atomic E-state index is 6.44. The van der Waals surface area contributed by atoms with E-state index in [9.17, 15) is 0 Å². The van der Waals surface area contributed by atoms with E-state index in [1.807, 2.05) is 78.9 Å². The Morgan fingerprint density at radius 1 is 0.434 bits per heavy atom. The monoisotopic (exact) mass is 682 g/mol. The molecule has 3 heterocycles. The van der Waals surface area contributed by atoms with Gasteiger partial charge in [0, 0.05) is 33.1 Å². The predicted molar refractivity (Wildman–Crippen MR) is 211 cm³/mol. The molecule has 6 nitrogen and oxygen atoms in total. The highest BCUT2D eigenvalue weighted by atomic mass is 16.4. The van der Waals surface area contributed by atoms with E-state index in [1.54, 1.807) is 0 Å². The molecular weight excluding hydrogens is 653 g/mol. The average molecular weight is 683 g/mol. The Morgan fingerprint density at radius 3 is 1.81 bits per heavy atom. The molecule has 0 amide bonds. The van der Waals surface area contributed by atoms with Crippen LogP contribution in [-0.4, -0.2) is 19.9 Å². The minimum absolute atomic E-state index is 0.145. The second-order valence-electron chi connectivity index (χ2n) is 14.3. The number of oxazole rings is 1. The fourth-order valence-corrected chi connectivity index (χ4v) is 8.10. The number of rotatable bonds is 4. The van der Waals surface area contributed by atoms with Crippen LogP contribution in [0.2, 0.25) is 0 Å². The predicted octanol–water partition coefficient (Wildman–Crippen LogP) is 12.0. The van der Waals surface area contributed by atoms with Gasteiger partial charge in [-0.1, -0.05) is 117 Å². The summed E-state index contributed by atoms with van der Waals surface area (Å²) in [6.07, 6.45) is 0. The number of furan rings is 1. The lowest BCUT2D eigenvalue weighted by Crippen LogP contribution is -2.15. The lowest BCUT2D eigenvalue weighted by atomic mass is 9.82. The van der Waals surface area contributed by atoms with Crippen molar-refractivity contribution in [1.82, 2.24) is 19.9 Å². The Morgan fingerprint density at radius 2 is 1.02 bits per heavy atom. The smallest absolute Gasteiger partial charge is 0.227 e. The standard InChI is InChI=1S/C47H30N4O2/c1-47(2)35-16-10-9-15-32(35)33-21-19-31(26-36(33)47)45-50-43(28-11-5-3-6-12-28)49-44(51-45)30-18-17-27-20-22-37-40(34(27)25-30)41-38(52-37)23-24-39-42(41)48-46(53-39)29-13-7-4-8-14-29/h3-26H,1-2H3. The van der Waals surface area contributed by atoms with Crippen molar-refractivity contribution >= 4 is 43.8 Å². The van der Waals surface area contributed by atoms with Crippen molar-refractivity contribution in [2.45, 2.75) is 19.3 Å². The van der Waals surface area contributed by atoms with Crippen LogP contribution in [0.3, 0.4) is 0 Å². The molecule has 53 heavy (non-hydrogen) atoms. The van der Waals surface area contributed by atoms with Crippen LogP contribution < -0.4 is 0 Å². The summed E-state index contributed by atoms with van der Waals surface area (Å²) >= 11 is 0. The number of hydrogen-bond acceptors (Lipinski definition) is 6. The SMILES string of the molecule is CC1(C)c2ccccc2-c2ccc(-c3nc(-c4ccccc4)nc(-c4ccc5ccc6oc7ccc8oc(-c9ccccc9)nc8c7c6c5c4)n3)cc21. The molecule has 11 rings (SSSR count). The number of aromatic nitrogens is 4. The molecule has 7 aromatic carbocycles. The van der Waals surface area contributed by atoms with E-state index in [4.69, 9.17) is 28.8 Å². The van der Waals surface area contributed by atoms with E-state index in [0.29, 0.717) is 28.9 Å². The quantitative estimate of drug-likeness (QED) is 0.184. The highest BCUT2D eigenvalue weighted by molar-refractivity contribution is 6.25. The van der Waals surface area contributed by atoms with Crippen molar-refractivity contribution in [2.24, 2.45) is 0 Å². The molecule has 0 radical (unpaired) electrons. The molecule has 10 aromatic rings. The van der Waals surface area contributed by atoms with E-state index in [-0.39, 0.29) is 5.41 Å². The molecule has 250 valence electrons. The lowest BCUT2D eigenvalue weighted by Gasteiger charge is -2.21. The van der Waals surface area contributed by atoms with E-state index < -0.39 is 0 Å². The first-order chi connectivity index (χ1) is 26.0. The molecule has 0 bridgehead atoms. The van der Waals surface area contributed by atoms with Crippen molar-refractivity contribution < 1.29 is 8.83 Å². The van der Waals surface area contributed by atoms with Crippen LogP contribution in [0.15, 0.2) is 154 Å². The third-order valence-electron chi connectivity index (χ3n) is 10.8. The van der Waals surface area contributed by atoms with Crippen LogP contribution >= 0.6 is 0 Å². The number of nitrogens with zero attached hydrogens (tertiary/aromatic N) is 4. The number of hydrogen-bond donors (Lipinski definition) is 0. The topological polar surface area (TPSA) is 77.8 Å². The van der Waals surface area contributed by atoms with Crippen molar-refractivity contribution in [3.8, 4) is 56.7 Å². The van der Waals surface area contributed by atoms with Gasteiger partial charge in [-0.3, -0.25) is 0 Å².